The number of nitrogens with two attached hydrogens (primary N) is 1. The summed E-state index contributed by atoms with van der Waals surface area (Å²) in [4.78, 5) is 0. The molecule has 1 unspecified atom stereocenters. The molecule has 4 nitrogen and oxygen atoms in total. The Labute approximate surface area is 169 Å². The maximum absolute atomic E-state index is 12.4. The van der Waals surface area contributed by atoms with Crippen LogP contribution >= 0.6 is 0 Å². The molecule has 3 atom stereocenters. The number of aliphatic hydroxyl groups is 1. The van der Waals surface area contributed by atoms with Crippen LogP contribution in [0, 0.1) is 0 Å². The number of halogens is 3. The molecule has 2 aliphatic rings. The lowest BCUT2D eigenvalue weighted by Crippen LogP contribution is -2.40. The van der Waals surface area contributed by atoms with Gasteiger partial charge in [-0.25, -0.2) is 0 Å². The molecule has 160 valence electrons. The quantitative estimate of drug-likeness (QED) is 0.689. The van der Waals surface area contributed by atoms with Crippen LogP contribution in [0.15, 0.2) is 48.1 Å². The van der Waals surface area contributed by atoms with Gasteiger partial charge >= 0.3 is 6.36 Å². The van der Waals surface area contributed by atoms with E-state index in [0.717, 1.165) is 30.6 Å². The van der Waals surface area contributed by atoms with Gasteiger partial charge < -0.3 is 15.6 Å². The van der Waals surface area contributed by atoms with Gasteiger partial charge in [-0.1, -0.05) is 30.4 Å². The minimum Gasteiger partial charge on any atom is -0.493 e. The molecule has 1 aromatic carbocycles. The Morgan fingerprint density at radius 3 is 2.52 bits per heavy atom. The predicted molar refractivity (Wildman–Crippen MR) is 105 cm³/mol. The van der Waals surface area contributed by atoms with Crippen molar-refractivity contribution in [2.75, 3.05) is 13.2 Å². The van der Waals surface area contributed by atoms with Gasteiger partial charge in [-0.3, -0.25) is 4.74 Å². The molecule has 7 heteroatoms. The third-order valence-corrected chi connectivity index (χ3v) is 5.74. The number of aliphatic hydroxyl groups excluding tert-OH is 1. The average molecular weight is 411 g/mol. The van der Waals surface area contributed by atoms with Crippen molar-refractivity contribution in [1.29, 1.82) is 0 Å². The van der Waals surface area contributed by atoms with Crippen LogP contribution in [-0.4, -0.2) is 35.8 Å². The molecule has 29 heavy (non-hydrogen) atoms. The molecule has 1 saturated carbocycles. The fourth-order valence-corrected chi connectivity index (χ4v) is 3.99. The van der Waals surface area contributed by atoms with Crippen LogP contribution in [0.1, 0.15) is 50.5 Å². The van der Waals surface area contributed by atoms with Gasteiger partial charge in [0.15, 0.2) is 0 Å². The monoisotopic (exact) mass is 411 g/mol. The van der Waals surface area contributed by atoms with Crippen molar-refractivity contribution in [3.8, 4) is 5.75 Å². The number of ether oxygens (including phenoxy) is 2. The van der Waals surface area contributed by atoms with E-state index in [1.165, 1.54) is 18.6 Å². The number of hydrogen-bond acceptors (Lipinski definition) is 4. The summed E-state index contributed by atoms with van der Waals surface area (Å²) in [7, 11) is 0. The summed E-state index contributed by atoms with van der Waals surface area (Å²) in [6.45, 7) is 1.87. The molecule has 2 aliphatic carbocycles. The molecule has 0 spiro atoms. The summed E-state index contributed by atoms with van der Waals surface area (Å²) < 4.78 is 47.3. The molecule has 0 radical (unpaired) electrons. The van der Waals surface area contributed by atoms with Gasteiger partial charge in [-0.05, 0) is 61.8 Å². The Morgan fingerprint density at radius 1 is 1.24 bits per heavy atom. The first-order valence-electron chi connectivity index (χ1n) is 9.87. The number of alkyl halides is 3. The lowest BCUT2D eigenvalue weighted by molar-refractivity contribution is -0.355. The van der Waals surface area contributed by atoms with Crippen LogP contribution in [-0.2, 0) is 4.74 Å². The second kappa shape index (κ2) is 8.50. The van der Waals surface area contributed by atoms with Crippen LogP contribution in [0.4, 0.5) is 13.2 Å². The number of hydrogen-bond donors (Lipinski definition) is 2. The van der Waals surface area contributed by atoms with Crippen LogP contribution in [0.3, 0.4) is 0 Å². The van der Waals surface area contributed by atoms with Gasteiger partial charge in [0.05, 0.1) is 18.8 Å². The normalized spacial score (nSPS) is 29.7. The first-order chi connectivity index (χ1) is 13.6. The van der Waals surface area contributed by atoms with E-state index in [2.05, 4.69) is 4.74 Å². The first kappa shape index (κ1) is 21.9. The minimum absolute atomic E-state index is 0.0104. The predicted octanol–water partition coefficient (Wildman–Crippen LogP) is 4.59. The van der Waals surface area contributed by atoms with Gasteiger partial charge in [-0.2, -0.15) is 0 Å². The smallest absolute Gasteiger partial charge is 0.493 e. The van der Waals surface area contributed by atoms with Crippen molar-refractivity contribution in [2.45, 2.75) is 62.4 Å². The van der Waals surface area contributed by atoms with Crippen LogP contribution in [0.25, 0.3) is 0 Å². The summed E-state index contributed by atoms with van der Waals surface area (Å²) in [5.41, 5.74) is 6.45. The van der Waals surface area contributed by atoms with Gasteiger partial charge in [0.25, 0.3) is 0 Å². The van der Waals surface area contributed by atoms with E-state index in [-0.39, 0.29) is 13.0 Å². The zero-order valence-electron chi connectivity index (χ0n) is 16.5. The molecule has 0 aromatic heterocycles. The molecule has 3 rings (SSSR count). The Morgan fingerprint density at radius 2 is 1.97 bits per heavy atom. The fourth-order valence-electron chi connectivity index (χ4n) is 3.99. The Bertz CT molecular complexity index is 760. The molecular formula is C22H28F3NO3. The van der Waals surface area contributed by atoms with E-state index >= 15 is 0 Å². The van der Waals surface area contributed by atoms with Crippen molar-refractivity contribution in [3.63, 3.8) is 0 Å². The third kappa shape index (κ3) is 6.07. The zero-order chi connectivity index (χ0) is 21.1. The minimum atomic E-state index is -4.65. The summed E-state index contributed by atoms with van der Waals surface area (Å²) in [6.07, 6.45) is 3.58. The Balaban J connectivity index is 1.45. The van der Waals surface area contributed by atoms with E-state index in [9.17, 15) is 18.3 Å². The van der Waals surface area contributed by atoms with Crippen molar-refractivity contribution in [1.82, 2.24) is 0 Å². The maximum atomic E-state index is 12.4. The van der Waals surface area contributed by atoms with Gasteiger partial charge in [0.1, 0.15) is 5.75 Å². The van der Waals surface area contributed by atoms with E-state index in [0.29, 0.717) is 18.9 Å². The molecule has 0 heterocycles. The van der Waals surface area contributed by atoms with Crippen molar-refractivity contribution in [2.24, 2.45) is 5.73 Å². The zero-order valence-corrected chi connectivity index (χ0v) is 16.5. The van der Waals surface area contributed by atoms with E-state index in [1.807, 2.05) is 24.3 Å². The summed E-state index contributed by atoms with van der Waals surface area (Å²) in [5.74, 6) is 1.10. The summed E-state index contributed by atoms with van der Waals surface area (Å²) in [6, 6.07) is 7.90. The first-order valence-corrected chi connectivity index (χ1v) is 9.87. The van der Waals surface area contributed by atoms with Crippen LogP contribution < -0.4 is 10.5 Å². The van der Waals surface area contributed by atoms with Gasteiger partial charge in [0, 0.05) is 12.0 Å². The van der Waals surface area contributed by atoms with E-state index in [4.69, 9.17) is 10.5 Å². The standard InChI is InChI=1S/C22H28F3NO3/c1-20(29-22(23,24)25)10-6-16(7-11-20)9-13-28-19-4-2-17(3-5-19)18-8-12-21(26,14-18)15-27/h2-7,10,18,27H,8-9,11-15,26H2,1H3/t18-,20?,21-/m1/s1. The molecule has 1 fully saturated rings. The lowest BCUT2D eigenvalue weighted by Gasteiger charge is -2.29. The highest BCUT2D eigenvalue weighted by molar-refractivity contribution is 5.31. The largest absolute Gasteiger partial charge is 0.523 e. The second-order valence-corrected chi connectivity index (χ2v) is 8.30. The second-order valence-electron chi connectivity index (χ2n) is 8.30. The highest BCUT2D eigenvalue weighted by Crippen LogP contribution is 2.39. The van der Waals surface area contributed by atoms with Gasteiger partial charge in [0.2, 0.25) is 0 Å². The maximum Gasteiger partial charge on any atom is 0.523 e. The molecule has 1 aromatic rings. The third-order valence-electron chi connectivity index (χ3n) is 5.74. The highest BCUT2D eigenvalue weighted by atomic mass is 19.4. The van der Waals surface area contributed by atoms with Crippen molar-refractivity contribution >= 4 is 0 Å². The van der Waals surface area contributed by atoms with Crippen LogP contribution in [0.5, 0.6) is 5.75 Å². The molecule has 0 saturated heterocycles. The van der Waals surface area contributed by atoms with E-state index in [1.54, 1.807) is 12.2 Å². The summed E-state index contributed by atoms with van der Waals surface area (Å²) in [5, 5.41) is 9.41. The SMILES string of the molecule is CC1(OC(F)(F)F)C=CC(CCOc2ccc([C@@H]3CC[C@](N)(CO)C3)cc2)=CC1. The van der Waals surface area contributed by atoms with Crippen molar-refractivity contribution < 1.29 is 27.8 Å². The lowest BCUT2D eigenvalue weighted by atomic mass is 9.93. The molecule has 3 N–H and O–H groups in total. The molecular weight excluding hydrogens is 383 g/mol. The number of benzene rings is 1. The van der Waals surface area contributed by atoms with Crippen LogP contribution in [0.2, 0.25) is 0 Å². The number of rotatable bonds is 7. The highest BCUT2D eigenvalue weighted by Gasteiger charge is 2.39. The Kier molecular flexibility index (Phi) is 6.41. The molecule has 0 amide bonds. The molecule has 0 aliphatic heterocycles. The summed E-state index contributed by atoms with van der Waals surface area (Å²) >= 11 is 0. The topological polar surface area (TPSA) is 64.7 Å². The van der Waals surface area contributed by atoms with Crippen molar-refractivity contribution in [3.05, 3.63) is 53.6 Å². The van der Waals surface area contributed by atoms with Gasteiger partial charge in [-0.15, -0.1) is 13.2 Å². The molecule has 0 bridgehead atoms. The average Bonchev–Trinajstić information content (AvgIpc) is 3.05. The number of allylic oxidation sites excluding steroid dienone is 1. The van der Waals surface area contributed by atoms with E-state index < -0.39 is 17.5 Å². The Hall–Kier alpha value is -1.83. The fraction of sp³-hybridized carbons (Fsp3) is 0.545.